The Bertz CT molecular complexity index is 506. The van der Waals surface area contributed by atoms with Gasteiger partial charge in [0.2, 0.25) is 5.91 Å². The average molecular weight is 317 g/mol. The largest absolute Gasteiger partial charge is 0.341 e. The van der Waals surface area contributed by atoms with Crippen LogP contribution in [0, 0.1) is 11.6 Å². The maximum absolute atomic E-state index is 13.6. The summed E-state index contributed by atoms with van der Waals surface area (Å²) in [6.07, 6.45) is 2.95. The molecule has 2 fully saturated rings. The number of hydrogen-bond donors (Lipinski definition) is 1. The summed E-state index contributed by atoms with van der Waals surface area (Å²) in [5.74, 6) is -1.48. The van der Waals surface area contributed by atoms with Crippen LogP contribution >= 0.6 is 12.4 Å². The Hall–Kier alpha value is -1.20. The zero-order chi connectivity index (χ0) is 14.1. The van der Waals surface area contributed by atoms with Crippen LogP contribution in [0.4, 0.5) is 8.78 Å². The van der Waals surface area contributed by atoms with E-state index in [1.54, 1.807) is 4.90 Å². The van der Waals surface area contributed by atoms with Gasteiger partial charge in [-0.3, -0.25) is 4.79 Å². The van der Waals surface area contributed by atoms with Crippen LogP contribution in [-0.2, 0) is 11.2 Å². The zero-order valence-electron chi connectivity index (χ0n) is 11.6. The molecule has 2 saturated heterocycles. The van der Waals surface area contributed by atoms with Crippen LogP contribution in [0.3, 0.4) is 0 Å². The number of benzene rings is 1. The second-order valence-corrected chi connectivity index (χ2v) is 5.64. The summed E-state index contributed by atoms with van der Waals surface area (Å²) in [6, 6.07) is 4.52. The van der Waals surface area contributed by atoms with Gasteiger partial charge in [-0.05, 0) is 31.4 Å². The number of nitrogens with zero attached hydrogens (tertiary/aromatic N) is 1. The number of rotatable bonds is 2. The molecule has 2 bridgehead atoms. The fraction of sp³-hybridized carbons (Fsp3) is 0.533. The van der Waals surface area contributed by atoms with E-state index in [-0.39, 0.29) is 30.3 Å². The number of carbonyl (C=O) groups excluding carboxylic acids is 1. The molecule has 0 aromatic heterocycles. The lowest BCUT2D eigenvalue weighted by molar-refractivity contribution is -0.130. The van der Waals surface area contributed by atoms with Crippen molar-refractivity contribution in [2.24, 2.45) is 0 Å². The topological polar surface area (TPSA) is 32.3 Å². The molecule has 2 atom stereocenters. The molecular weight excluding hydrogens is 298 g/mol. The van der Waals surface area contributed by atoms with Crippen LogP contribution in [0.1, 0.15) is 24.8 Å². The minimum absolute atomic E-state index is 0. The Morgan fingerprint density at radius 3 is 2.57 bits per heavy atom. The fourth-order valence-electron chi connectivity index (χ4n) is 3.13. The maximum atomic E-state index is 13.6. The lowest BCUT2D eigenvalue weighted by Gasteiger charge is -2.24. The molecule has 0 radical (unpaired) electrons. The Morgan fingerprint density at radius 2 is 1.86 bits per heavy atom. The van der Waals surface area contributed by atoms with E-state index >= 15 is 0 Å². The smallest absolute Gasteiger partial charge is 0.227 e. The van der Waals surface area contributed by atoms with Gasteiger partial charge in [-0.1, -0.05) is 6.07 Å². The van der Waals surface area contributed by atoms with Gasteiger partial charge in [0.15, 0.2) is 0 Å². The van der Waals surface area contributed by atoms with Crippen molar-refractivity contribution in [1.82, 2.24) is 10.2 Å². The highest BCUT2D eigenvalue weighted by Crippen LogP contribution is 2.21. The average Bonchev–Trinajstić information content (AvgIpc) is 2.73. The second-order valence-electron chi connectivity index (χ2n) is 5.64. The quantitative estimate of drug-likeness (QED) is 0.908. The molecule has 0 spiro atoms. The normalized spacial score (nSPS) is 24.4. The van der Waals surface area contributed by atoms with E-state index in [2.05, 4.69) is 5.32 Å². The van der Waals surface area contributed by atoms with Gasteiger partial charge in [0.25, 0.3) is 0 Å². The minimum Gasteiger partial charge on any atom is -0.341 e. The van der Waals surface area contributed by atoms with Crippen molar-refractivity contribution >= 4 is 18.3 Å². The van der Waals surface area contributed by atoms with Crippen molar-refractivity contribution in [2.75, 3.05) is 13.1 Å². The Balaban J connectivity index is 0.00000161. The zero-order valence-corrected chi connectivity index (χ0v) is 12.5. The number of hydrogen-bond acceptors (Lipinski definition) is 2. The first-order valence-electron chi connectivity index (χ1n) is 7.10. The summed E-state index contributed by atoms with van der Waals surface area (Å²) in [7, 11) is 0. The molecule has 6 heteroatoms. The van der Waals surface area contributed by atoms with Crippen LogP contribution in [0.25, 0.3) is 0 Å². The molecule has 3 rings (SSSR count). The number of nitrogens with one attached hydrogen (secondary N) is 1. The van der Waals surface area contributed by atoms with E-state index in [1.165, 1.54) is 18.2 Å². The first-order chi connectivity index (χ1) is 9.63. The van der Waals surface area contributed by atoms with Crippen LogP contribution in [0.2, 0.25) is 0 Å². The predicted octanol–water partition coefficient (Wildman–Crippen LogP) is 2.28. The van der Waals surface area contributed by atoms with Crippen molar-refractivity contribution in [2.45, 2.75) is 37.8 Å². The number of likely N-dealkylation sites (tertiary alicyclic amines) is 1. The summed E-state index contributed by atoms with van der Waals surface area (Å²) in [4.78, 5) is 14.0. The Morgan fingerprint density at radius 1 is 1.19 bits per heavy atom. The molecule has 0 saturated carbocycles. The van der Waals surface area contributed by atoms with Crippen LogP contribution in [-0.4, -0.2) is 36.0 Å². The lowest BCUT2D eigenvalue weighted by atomic mass is 10.1. The van der Waals surface area contributed by atoms with Crippen molar-refractivity contribution in [1.29, 1.82) is 0 Å². The van der Waals surface area contributed by atoms with E-state index in [0.29, 0.717) is 25.2 Å². The van der Waals surface area contributed by atoms with Gasteiger partial charge in [0.05, 0.1) is 6.42 Å². The van der Waals surface area contributed by atoms with Crippen LogP contribution in [0.15, 0.2) is 18.2 Å². The lowest BCUT2D eigenvalue weighted by Crippen LogP contribution is -2.40. The molecule has 0 aliphatic carbocycles. The van der Waals surface area contributed by atoms with E-state index in [1.807, 2.05) is 0 Å². The van der Waals surface area contributed by atoms with Crippen molar-refractivity contribution in [3.05, 3.63) is 35.4 Å². The van der Waals surface area contributed by atoms with Gasteiger partial charge < -0.3 is 10.2 Å². The maximum Gasteiger partial charge on any atom is 0.227 e. The first-order valence-corrected chi connectivity index (χ1v) is 7.10. The minimum atomic E-state index is -0.646. The molecule has 1 aromatic rings. The van der Waals surface area contributed by atoms with E-state index in [9.17, 15) is 13.6 Å². The summed E-state index contributed by atoms with van der Waals surface area (Å²) in [5.41, 5.74) is -0.125. The van der Waals surface area contributed by atoms with E-state index in [4.69, 9.17) is 0 Å². The summed E-state index contributed by atoms with van der Waals surface area (Å²) in [5, 5.41) is 3.48. The highest BCUT2D eigenvalue weighted by molar-refractivity contribution is 5.85. The molecule has 2 unspecified atom stereocenters. The number of carbonyl (C=O) groups is 1. The molecule has 116 valence electrons. The number of amides is 1. The SMILES string of the molecule is Cl.O=C(Cc1c(F)cccc1F)N1CCC2CCC(C1)N2. The standard InChI is InChI=1S/C15H18F2N2O.ClH/c16-13-2-1-3-14(17)12(13)8-15(20)19-7-6-10-4-5-11(9-19)18-10;/h1-3,10-11,18H,4-9H2;1H. The molecule has 2 aliphatic rings. The third-order valence-corrected chi connectivity index (χ3v) is 4.27. The van der Waals surface area contributed by atoms with Crippen molar-refractivity contribution in [3.8, 4) is 0 Å². The monoisotopic (exact) mass is 316 g/mol. The van der Waals surface area contributed by atoms with Gasteiger partial charge in [-0.25, -0.2) is 8.78 Å². The van der Waals surface area contributed by atoms with Crippen molar-refractivity contribution < 1.29 is 13.6 Å². The van der Waals surface area contributed by atoms with Crippen LogP contribution < -0.4 is 5.32 Å². The Kier molecular flexibility index (Phi) is 5.17. The third kappa shape index (κ3) is 3.52. The van der Waals surface area contributed by atoms with Gasteiger partial charge in [-0.2, -0.15) is 0 Å². The van der Waals surface area contributed by atoms with Crippen LogP contribution in [0.5, 0.6) is 0 Å². The highest BCUT2D eigenvalue weighted by Gasteiger charge is 2.31. The predicted molar refractivity (Wildman–Crippen MR) is 78.5 cm³/mol. The van der Waals surface area contributed by atoms with Gasteiger partial charge >= 0.3 is 0 Å². The van der Waals surface area contributed by atoms with Gasteiger partial charge in [0.1, 0.15) is 11.6 Å². The first kappa shape index (κ1) is 16.2. The Labute approximate surface area is 129 Å². The summed E-state index contributed by atoms with van der Waals surface area (Å²) in [6.45, 7) is 1.31. The molecule has 1 aromatic carbocycles. The fourth-order valence-corrected chi connectivity index (χ4v) is 3.13. The van der Waals surface area contributed by atoms with Gasteiger partial charge in [0, 0.05) is 30.7 Å². The highest BCUT2D eigenvalue weighted by atomic mass is 35.5. The molecule has 1 N–H and O–H groups in total. The molecule has 21 heavy (non-hydrogen) atoms. The number of halogens is 3. The van der Waals surface area contributed by atoms with E-state index in [0.717, 1.165) is 19.3 Å². The molecular formula is C15H19ClF2N2O. The number of fused-ring (bicyclic) bond motifs is 2. The van der Waals surface area contributed by atoms with Crippen molar-refractivity contribution in [3.63, 3.8) is 0 Å². The molecule has 2 heterocycles. The van der Waals surface area contributed by atoms with Gasteiger partial charge in [-0.15, -0.1) is 12.4 Å². The summed E-state index contributed by atoms with van der Waals surface area (Å²) >= 11 is 0. The molecule has 1 amide bonds. The molecule has 3 nitrogen and oxygen atoms in total. The molecule has 2 aliphatic heterocycles. The third-order valence-electron chi connectivity index (χ3n) is 4.27. The second kappa shape index (κ2) is 6.71. The summed E-state index contributed by atoms with van der Waals surface area (Å²) < 4.78 is 27.2. The van der Waals surface area contributed by atoms with E-state index < -0.39 is 11.6 Å².